The number of anilines is 2. The highest BCUT2D eigenvalue weighted by atomic mass is 35.5. The summed E-state index contributed by atoms with van der Waals surface area (Å²) in [5.74, 6) is -2.32. The van der Waals surface area contributed by atoms with E-state index in [4.69, 9.17) is 22.1 Å². The van der Waals surface area contributed by atoms with Crippen LogP contribution in [-0.2, 0) is 16.1 Å². The molecule has 1 aromatic heterocycles. The minimum atomic E-state index is -0.921. The fourth-order valence-corrected chi connectivity index (χ4v) is 6.38. The van der Waals surface area contributed by atoms with Gasteiger partial charge in [-0.3, -0.25) is 14.9 Å². The van der Waals surface area contributed by atoms with Crippen LogP contribution < -0.4 is 21.3 Å². The molecule has 1 aromatic carbocycles. The maximum absolute atomic E-state index is 14.5. The zero-order chi connectivity index (χ0) is 28.6. The van der Waals surface area contributed by atoms with Crippen LogP contribution >= 0.6 is 11.6 Å². The molecule has 214 valence electrons. The molecule has 2 bridgehead atoms. The third kappa shape index (κ3) is 5.72. The molecule has 5 atom stereocenters. The van der Waals surface area contributed by atoms with E-state index in [1.807, 2.05) is 7.05 Å². The van der Waals surface area contributed by atoms with Gasteiger partial charge in [0, 0.05) is 68.1 Å². The Bertz CT molecular complexity index is 1310. The molecule has 0 radical (unpaired) electrons. The van der Waals surface area contributed by atoms with Crippen LogP contribution in [0.4, 0.5) is 26.4 Å². The standard InChI is InChI=1S/C25H30ClFN8O5/c1-33-4-6-34(7-5-33)18-3-2-15(35(38)39)8-14(18)11-29-23(36)20-13-9-16(19(10-13)40-25(28)37)21(20)31-22-17(27)12-30-24(26)32-22/h2-3,8,12-13,16,19-21H,4-7,9-11H2,1H3,(H2,28,37)(H,29,36)(H,30,31,32). The van der Waals surface area contributed by atoms with Crippen LogP contribution in [0.5, 0.6) is 0 Å². The number of hydrogen-bond acceptors (Lipinski definition) is 10. The number of carbonyl (C=O) groups is 2. The maximum Gasteiger partial charge on any atom is 0.404 e. The largest absolute Gasteiger partial charge is 0.446 e. The monoisotopic (exact) mass is 576 g/mol. The van der Waals surface area contributed by atoms with Crippen molar-refractivity contribution in [3.63, 3.8) is 0 Å². The number of fused-ring (bicyclic) bond motifs is 2. The van der Waals surface area contributed by atoms with Gasteiger partial charge in [-0.2, -0.15) is 4.98 Å². The van der Waals surface area contributed by atoms with Crippen LogP contribution in [0.1, 0.15) is 18.4 Å². The number of nitrogens with two attached hydrogens (primary N) is 1. The minimum Gasteiger partial charge on any atom is -0.446 e. The molecule has 40 heavy (non-hydrogen) atoms. The van der Waals surface area contributed by atoms with Crippen molar-refractivity contribution in [1.82, 2.24) is 20.2 Å². The van der Waals surface area contributed by atoms with Crippen LogP contribution in [0.15, 0.2) is 24.4 Å². The number of likely N-dealkylation sites (N-methyl/N-ethyl adjacent to an activating group) is 1. The molecule has 1 aliphatic heterocycles. The van der Waals surface area contributed by atoms with E-state index in [0.717, 1.165) is 38.1 Å². The van der Waals surface area contributed by atoms with Crippen LogP contribution in [0, 0.1) is 33.7 Å². The summed E-state index contributed by atoms with van der Waals surface area (Å²) in [6, 6.07) is 4.04. The Kier molecular flexibility index (Phi) is 7.90. The van der Waals surface area contributed by atoms with Crippen molar-refractivity contribution in [2.45, 2.75) is 31.5 Å². The Morgan fingerprint density at radius 3 is 2.73 bits per heavy atom. The quantitative estimate of drug-likeness (QED) is 0.240. The Morgan fingerprint density at radius 2 is 2.02 bits per heavy atom. The van der Waals surface area contributed by atoms with E-state index >= 15 is 0 Å². The van der Waals surface area contributed by atoms with Crippen molar-refractivity contribution < 1.29 is 23.6 Å². The molecular formula is C25H30ClFN8O5. The van der Waals surface area contributed by atoms with Crippen LogP contribution in [-0.4, -0.2) is 77.2 Å². The summed E-state index contributed by atoms with van der Waals surface area (Å²) in [7, 11) is 2.04. The second-order valence-corrected chi connectivity index (χ2v) is 10.8. The summed E-state index contributed by atoms with van der Waals surface area (Å²) in [5, 5.41) is 17.3. The molecule has 2 amide bonds. The number of piperazine rings is 1. The third-order valence-electron chi connectivity index (χ3n) is 8.10. The minimum absolute atomic E-state index is 0.0656. The lowest BCUT2D eigenvalue weighted by molar-refractivity contribution is -0.384. The van der Waals surface area contributed by atoms with Crippen molar-refractivity contribution in [3.05, 3.63) is 51.2 Å². The molecule has 5 unspecified atom stereocenters. The van der Waals surface area contributed by atoms with Crippen molar-refractivity contribution >= 4 is 40.8 Å². The highest BCUT2D eigenvalue weighted by Gasteiger charge is 2.57. The Hall–Kier alpha value is -3.78. The third-order valence-corrected chi connectivity index (χ3v) is 8.28. The number of hydrogen-bond donors (Lipinski definition) is 3. The zero-order valence-electron chi connectivity index (χ0n) is 21.8. The summed E-state index contributed by atoms with van der Waals surface area (Å²) < 4.78 is 19.8. The number of ether oxygens (including phenoxy) is 1. The van der Waals surface area contributed by atoms with E-state index in [1.165, 1.54) is 12.1 Å². The number of amides is 2. The fourth-order valence-electron chi connectivity index (χ4n) is 6.25. The molecule has 2 aromatic rings. The first-order valence-electron chi connectivity index (χ1n) is 13.0. The lowest BCUT2D eigenvalue weighted by Gasteiger charge is -2.36. The molecular weight excluding hydrogens is 547 g/mol. The molecule has 4 N–H and O–H groups in total. The summed E-state index contributed by atoms with van der Waals surface area (Å²) in [4.78, 5) is 48.0. The van der Waals surface area contributed by atoms with Gasteiger partial charge in [-0.1, -0.05) is 0 Å². The topological polar surface area (TPSA) is 169 Å². The van der Waals surface area contributed by atoms with E-state index in [9.17, 15) is 24.1 Å². The van der Waals surface area contributed by atoms with E-state index in [-0.39, 0.29) is 41.1 Å². The van der Waals surface area contributed by atoms with Crippen LogP contribution in [0.3, 0.4) is 0 Å². The zero-order valence-corrected chi connectivity index (χ0v) is 22.5. The van der Waals surface area contributed by atoms with E-state index in [0.29, 0.717) is 18.4 Å². The Balaban J connectivity index is 1.37. The predicted octanol–water partition coefficient (Wildman–Crippen LogP) is 2.15. The number of carbonyl (C=O) groups excluding carboxylic acids is 2. The highest BCUT2D eigenvalue weighted by Crippen LogP contribution is 2.51. The van der Waals surface area contributed by atoms with Gasteiger partial charge in [-0.25, -0.2) is 14.2 Å². The molecule has 2 aliphatic carbocycles. The molecule has 2 heterocycles. The van der Waals surface area contributed by atoms with E-state index < -0.39 is 34.9 Å². The number of nitrogens with zero attached hydrogens (tertiary/aromatic N) is 5. The number of nitro benzene ring substituents is 1. The van der Waals surface area contributed by atoms with Crippen molar-refractivity contribution in [3.8, 4) is 0 Å². The average Bonchev–Trinajstić information content (AvgIpc) is 3.47. The predicted molar refractivity (Wildman–Crippen MR) is 143 cm³/mol. The number of halogens is 2. The summed E-state index contributed by atoms with van der Waals surface area (Å²) in [6.45, 7) is 3.26. The summed E-state index contributed by atoms with van der Waals surface area (Å²) >= 11 is 5.87. The number of nitrogens with one attached hydrogen (secondary N) is 2. The summed E-state index contributed by atoms with van der Waals surface area (Å²) in [5.41, 5.74) is 6.65. The van der Waals surface area contributed by atoms with Crippen molar-refractivity contribution in [2.75, 3.05) is 43.4 Å². The highest BCUT2D eigenvalue weighted by molar-refractivity contribution is 6.28. The van der Waals surface area contributed by atoms with Gasteiger partial charge in [0.15, 0.2) is 11.6 Å². The molecule has 1 saturated heterocycles. The fraction of sp³-hybridized carbons (Fsp3) is 0.520. The second kappa shape index (κ2) is 11.4. The molecule has 2 saturated carbocycles. The molecule has 3 aliphatic rings. The second-order valence-electron chi connectivity index (χ2n) is 10.5. The van der Waals surface area contributed by atoms with E-state index in [1.54, 1.807) is 6.07 Å². The number of non-ortho nitro benzene ring substituents is 1. The van der Waals surface area contributed by atoms with Gasteiger partial charge < -0.3 is 30.9 Å². The Morgan fingerprint density at radius 1 is 1.27 bits per heavy atom. The lowest BCUT2D eigenvalue weighted by atomic mass is 9.82. The number of rotatable bonds is 8. The SMILES string of the molecule is CN1CCN(c2ccc([N+](=O)[O-])cc2CNC(=O)C2C3CC(OC(N)=O)C(C3)C2Nc2nc(Cl)ncc2F)CC1. The lowest BCUT2D eigenvalue weighted by Crippen LogP contribution is -2.49. The van der Waals surface area contributed by atoms with E-state index in [2.05, 4.69) is 30.4 Å². The first-order chi connectivity index (χ1) is 19.1. The average molecular weight is 577 g/mol. The van der Waals surface area contributed by atoms with Gasteiger partial charge >= 0.3 is 6.09 Å². The van der Waals surface area contributed by atoms with Crippen LogP contribution in [0.2, 0.25) is 5.28 Å². The first kappa shape index (κ1) is 27.8. The molecule has 15 heteroatoms. The smallest absolute Gasteiger partial charge is 0.404 e. The van der Waals surface area contributed by atoms with Crippen LogP contribution in [0.25, 0.3) is 0 Å². The number of nitro groups is 1. The number of primary amides is 1. The van der Waals surface area contributed by atoms with Gasteiger partial charge in [0.05, 0.1) is 17.0 Å². The van der Waals surface area contributed by atoms with Gasteiger partial charge in [0.25, 0.3) is 5.69 Å². The maximum atomic E-state index is 14.5. The first-order valence-corrected chi connectivity index (χ1v) is 13.4. The molecule has 13 nitrogen and oxygen atoms in total. The van der Waals surface area contributed by atoms with Crippen molar-refractivity contribution in [1.29, 1.82) is 0 Å². The van der Waals surface area contributed by atoms with Gasteiger partial charge in [-0.05, 0) is 43.5 Å². The normalized spacial score (nSPS) is 26.0. The van der Waals surface area contributed by atoms with Crippen molar-refractivity contribution in [2.24, 2.45) is 23.5 Å². The molecule has 0 spiro atoms. The molecule has 5 rings (SSSR count). The number of aromatic nitrogens is 2. The van der Waals surface area contributed by atoms with Gasteiger partial charge in [0.1, 0.15) is 6.10 Å². The van der Waals surface area contributed by atoms with Gasteiger partial charge in [-0.15, -0.1) is 0 Å². The summed E-state index contributed by atoms with van der Waals surface area (Å²) in [6.07, 6.45) is 0.456. The number of benzene rings is 1. The molecule has 3 fully saturated rings. The Labute approximate surface area is 234 Å². The van der Waals surface area contributed by atoms with Gasteiger partial charge in [0.2, 0.25) is 11.2 Å².